The topological polar surface area (TPSA) is 130 Å². The van der Waals surface area contributed by atoms with Gasteiger partial charge in [-0.05, 0) is 18.9 Å². The van der Waals surface area contributed by atoms with Gasteiger partial charge >= 0.3 is 5.97 Å². The predicted molar refractivity (Wildman–Crippen MR) is 98.0 cm³/mol. The van der Waals surface area contributed by atoms with Gasteiger partial charge in [0.25, 0.3) is 5.69 Å². The normalized spacial score (nSPS) is 26.9. The average Bonchev–Trinajstić information content (AvgIpc) is 3.09. The lowest BCUT2D eigenvalue weighted by molar-refractivity contribution is -0.387. The molecule has 1 N–H and O–H groups in total. The molecule has 1 aliphatic carbocycles. The first kappa shape index (κ1) is 20.6. The number of hydrogen-bond donors (Lipinski definition) is 1. The number of nitrogens with zero attached hydrogens (tertiary/aromatic N) is 3. The van der Waals surface area contributed by atoms with Gasteiger partial charge < -0.3 is 9.84 Å². The second-order valence-electron chi connectivity index (χ2n) is 6.99. The molecule has 11 heteroatoms. The summed E-state index contributed by atoms with van der Waals surface area (Å²) in [6.45, 7) is 1.05. The van der Waals surface area contributed by atoms with E-state index in [0.29, 0.717) is 25.9 Å². The van der Waals surface area contributed by atoms with E-state index in [1.165, 1.54) is 35.7 Å². The zero-order valence-electron chi connectivity index (χ0n) is 15.4. The number of nitro benzene ring substituents is 1. The Morgan fingerprint density at radius 2 is 1.86 bits per heavy atom. The fourth-order valence-electron chi connectivity index (χ4n) is 3.99. The Morgan fingerprint density at radius 3 is 2.46 bits per heavy atom. The van der Waals surface area contributed by atoms with Crippen molar-refractivity contribution < 1.29 is 28.0 Å². The molecule has 0 bridgehead atoms. The number of sulfonamides is 1. The third-order valence-electron chi connectivity index (χ3n) is 5.45. The molecule has 1 saturated carbocycles. The van der Waals surface area contributed by atoms with Crippen LogP contribution in [0.1, 0.15) is 12.8 Å². The first-order chi connectivity index (χ1) is 13.3. The van der Waals surface area contributed by atoms with Gasteiger partial charge in [0.2, 0.25) is 10.0 Å². The summed E-state index contributed by atoms with van der Waals surface area (Å²) in [5.74, 6) is -0.710. The first-order valence-electron chi connectivity index (χ1n) is 8.99. The summed E-state index contributed by atoms with van der Waals surface area (Å²) in [6, 6.07) is 5.05. The molecule has 2 aliphatic rings. The number of para-hydroxylation sites is 1. The number of aliphatic hydroxyl groups excluding tert-OH is 1. The molecular weight excluding hydrogens is 390 g/mol. The Balaban J connectivity index is 1.69. The molecule has 0 radical (unpaired) electrons. The van der Waals surface area contributed by atoms with Crippen LogP contribution in [0, 0.1) is 16.0 Å². The van der Waals surface area contributed by atoms with Crippen molar-refractivity contribution in [2.75, 3.05) is 33.3 Å². The van der Waals surface area contributed by atoms with E-state index >= 15 is 0 Å². The number of hydrogen-bond acceptors (Lipinski definition) is 8. The molecule has 28 heavy (non-hydrogen) atoms. The number of esters is 1. The van der Waals surface area contributed by atoms with Gasteiger partial charge in [-0.15, -0.1) is 0 Å². The molecule has 1 aliphatic heterocycles. The number of carbonyl (C=O) groups excluding carboxylic acids is 1. The predicted octanol–water partition coefficient (Wildman–Crippen LogP) is 0.214. The summed E-state index contributed by atoms with van der Waals surface area (Å²) in [7, 11) is -2.68. The summed E-state index contributed by atoms with van der Waals surface area (Å²) in [5.41, 5.74) is -0.447. The minimum Gasteiger partial charge on any atom is -0.469 e. The Hall–Kier alpha value is -2.08. The fraction of sp³-hybridized carbons (Fsp3) is 0.588. The second-order valence-corrected chi connectivity index (χ2v) is 8.90. The van der Waals surface area contributed by atoms with Crippen molar-refractivity contribution in [2.24, 2.45) is 5.92 Å². The van der Waals surface area contributed by atoms with E-state index in [1.807, 2.05) is 4.90 Å². The van der Waals surface area contributed by atoms with E-state index in [4.69, 9.17) is 4.74 Å². The first-order valence-corrected chi connectivity index (χ1v) is 10.4. The van der Waals surface area contributed by atoms with Gasteiger partial charge in [0.05, 0.1) is 24.1 Å². The van der Waals surface area contributed by atoms with Crippen LogP contribution < -0.4 is 0 Å². The third-order valence-corrected chi connectivity index (χ3v) is 7.40. The summed E-state index contributed by atoms with van der Waals surface area (Å²) < 4.78 is 31.7. The molecule has 10 nitrogen and oxygen atoms in total. The number of ether oxygens (including phenoxy) is 1. The molecule has 3 atom stereocenters. The molecular formula is C17H23N3O7S. The third kappa shape index (κ3) is 3.88. The summed E-state index contributed by atoms with van der Waals surface area (Å²) in [4.78, 5) is 23.8. The Morgan fingerprint density at radius 1 is 1.21 bits per heavy atom. The van der Waals surface area contributed by atoms with Crippen molar-refractivity contribution in [2.45, 2.75) is 29.9 Å². The zero-order chi connectivity index (χ0) is 20.5. The molecule has 1 heterocycles. The van der Waals surface area contributed by atoms with E-state index < -0.39 is 26.7 Å². The molecule has 0 unspecified atom stereocenters. The number of nitro groups is 1. The van der Waals surface area contributed by atoms with Crippen molar-refractivity contribution >= 4 is 21.7 Å². The highest BCUT2D eigenvalue weighted by molar-refractivity contribution is 7.89. The molecule has 1 aromatic rings. The van der Waals surface area contributed by atoms with E-state index in [2.05, 4.69) is 0 Å². The maximum Gasteiger partial charge on any atom is 0.308 e. The summed E-state index contributed by atoms with van der Waals surface area (Å²) >= 11 is 0. The maximum absolute atomic E-state index is 12.9. The largest absolute Gasteiger partial charge is 0.469 e. The van der Waals surface area contributed by atoms with Gasteiger partial charge in [0.15, 0.2) is 4.90 Å². The van der Waals surface area contributed by atoms with E-state index in [-0.39, 0.29) is 35.9 Å². The summed E-state index contributed by atoms with van der Waals surface area (Å²) in [5, 5.41) is 21.5. The molecule has 1 aromatic carbocycles. The summed E-state index contributed by atoms with van der Waals surface area (Å²) in [6.07, 6.45) is 0.110. The monoisotopic (exact) mass is 413 g/mol. The lowest BCUT2D eigenvalue weighted by Gasteiger charge is -2.38. The van der Waals surface area contributed by atoms with Crippen LogP contribution in [0.5, 0.6) is 0 Å². The maximum atomic E-state index is 12.9. The highest BCUT2D eigenvalue weighted by Gasteiger charge is 2.42. The Labute approximate surface area is 162 Å². The smallest absolute Gasteiger partial charge is 0.308 e. The minimum absolute atomic E-state index is 0.153. The number of aliphatic hydroxyl groups is 1. The fourth-order valence-corrected chi connectivity index (χ4v) is 5.57. The molecule has 154 valence electrons. The average molecular weight is 413 g/mol. The van der Waals surface area contributed by atoms with Crippen LogP contribution in [-0.2, 0) is 19.6 Å². The Bertz CT molecular complexity index is 852. The van der Waals surface area contributed by atoms with Gasteiger partial charge in [-0.1, -0.05) is 12.1 Å². The number of piperazine rings is 1. The van der Waals surface area contributed by atoms with Crippen LogP contribution in [0.3, 0.4) is 0 Å². The Kier molecular flexibility index (Phi) is 5.98. The van der Waals surface area contributed by atoms with Gasteiger partial charge in [-0.2, -0.15) is 4.31 Å². The van der Waals surface area contributed by atoms with E-state index in [1.54, 1.807) is 0 Å². The van der Waals surface area contributed by atoms with Crippen molar-refractivity contribution in [1.82, 2.24) is 9.21 Å². The zero-order valence-corrected chi connectivity index (χ0v) is 16.2. The van der Waals surface area contributed by atoms with Gasteiger partial charge in [-0.3, -0.25) is 19.8 Å². The molecule has 0 amide bonds. The van der Waals surface area contributed by atoms with E-state index in [0.717, 1.165) is 0 Å². The van der Waals surface area contributed by atoms with Crippen LogP contribution in [-0.4, -0.2) is 79.1 Å². The molecule has 1 saturated heterocycles. The van der Waals surface area contributed by atoms with Crippen LogP contribution >= 0.6 is 0 Å². The molecule has 2 fully saturated rings. The van der Waals surface area contributed by atoms with E-state index in [9.17, 15) is 28.4 Å². The highest BCUT2D eigenvalue weighted by atomic mass is 32.2. The molecule has 0 aromatic heterocycles. The van der Waals surface area contributed by atoms with Crippen molar-refractivity contribution in [1.29, 1.82) is 0 Å². The lowest BCUT2D eigenvalue weighted by atomic mass is 10.1. The quantitative estimate of drug-likeness (QED) is 0.412. The minimum atomic E-state index is -4.00. The van der Waals surface area contributed by atoms with Crippen LogP contribution in [0.15, 0.2) is 29.2 Å². The highest BCUT2D eigenvalue weighted by Crippen LogP contribution is 2.32. The molecule has 3 rings (SSSR count). The van der Waals surface area contributed by atoms with Crippen molar-refractivity contribution in [3.8, 4) is 0 Å². The SMILES string of the molecule is COC(=O)[C@@H]1C[C@@H](O)[C@@H](N2CCN(S(=O)(=O)c3ccccc3[N+](=O)[O-])CC2)C1. The van der Waals surface area contributed by atoms with Crippen LogP contribution in [0.25, 0.3) is 0 Å². The number of rotatable bonds is 5. The van der Waals surface area contributed by atoms with Crippen molar-refractivity contribution in [3.63, 3.8) is 0 Å². The number of carbonyl (C=O) groups is 1. The van der Waals surface area contributed by atoms with Crippen LogP contribution in [0.2, 0.25) is 0 Å². The van der Waals surface area contributed by atoms with Crippen LogP contribution in [0.4, 0.5) is 5.69 Å². The van der Waals surface area contributed by atoms with Gasteiger partial charge in [0.1, 0.15) is 0 Å². The lowest BCUT2D eigenvalue weighted by Crippen LogP contribution is -2.53. The van der Waals surface area contributed by atoms with Gasteiger partial charge in [0, 0.05) is 38.3 Å². The molecule has 0 spiro atoms. The number of benzene rings is 1. The van der Waals surface area contributed by atoms with Crippen molar-refractivity contribution in [3.05, 3.63) is 34.4 Å². The van der Waals surface area contributed by atoms with Gasteiger partial charge in [-0.25, -0.2) is 8.42 Å². The number of methoxy groups -OCH3 is 1. The standard InChI is InChI=1S/C17H23N3O7S/c1-27-17(22)12-10-14(15(21)11-12)18-6-8-19(9-7-18)28(25,26)16-5-3-2-4-13(16)20(23)24/h2-5,12,14-15,21H,6-11H2,1H3/t12-,14-,15+/m0/s1. The second kappa shape index (κ2) is 8.11.